The number of nitrogens with zero attached hydrogens (tertiary/aromatic N) is 4. The van der Waals surface area contributed by atoms with Gasteiger partial charge in [0.25, 0.3) is 0 Å². The molecule has 16 heteroatoms. The summed E-state index contributed by atoms with van der Waals surface area (Å²) in [5.41, 5.74) is 4.95. The van der Waals surface area contributed by atoms with E-state index in [1.165, 1.54) is 30.2 Å². The number of thioether (sulfide) groups is 1. The van der Waals surface area contributed by atoms with Crippen LogP contribution in [0.3, 0.4) is 0 Å². The molecule has 36 heavy (non-hydrogen) atoms. The van der Waals surface area contributed by atoms with Gasteiger partial charge in [-0.25, -0.2) is 18.6 Å². The fourth-order valence-corrected chi connectivity index (χ4v) is 5.17. The Morgan fingerprint density at radius 2 is 1.92 bits per heavy atom. The summed E-state index contributed by atoms with van der Waals surface area (Å²) in [6.45, 7) is 0.185. The van der Waals surface area contributed by atoms with Gasteiger partial charge in [-0.2, -0.15) is 17.7 Å². The maximum absolute atomic E-state index is 13.9. The number of rotatable bonds is 10. The highest BCUT2D eigenvalue weighted by molar-refractivity contribution is 7.98. The van der Waals surface area contributed by atoms with E-state index in [-0.39, 0.29) is 73.3 Å². The Morgan fingerprint density at radius 3 is 2.58 bits per heavy atom. The predicted molar refractivity (Wildman–Crippen MR) is 125 cm³/mol. The molecule has 1 aromatic heterocycles. The number of nitrogens with one attached hydrogen (secondary N) is 1. The second-order valence-electron chi connectivity index (χ2n) is 7.38. The summed E-state index contributed by atoms with van der Waals surface area (Å²) in [4.78, 5) is 32.5. The molecule has 0 bridgehead atoms. The van der Waals surface area contributed by atoms with Gasteiger partial charge in [0.05, 0.1) is 13.5 Å². The summed E-state index contributed by atoms with van der Waals surface area (Å²) >= 11 is 0.973. The van der Waals surface area contributed by atoms with Crippen molar-refractivity contribution in [3.05, 3.63) is 41.5 Å². The largest absolute Gasteiger partial charge is 0.481 e. The van der Waals surface area contributed by atoms with E-state index in [9.17, 15) is 26.8 Å². The van der Waals surface area contributed by atoms with Crippen molar-refractivity contribution in [2.75, 3.05) is 44.6 Å². The number of anilines is 1. The van der Waals surface area contributed by atoms with Gasteiger partial charge in [0.15, 0.2) is 16.8 Å². The monoisotopic (exact) mass is 546 g/mol. The molecule has 1 saturated heterocycles. The molecule has 1 aliphatic rings. The Morgan fingerprint density at radius 1 is 1.19 bits per heavy atom. The molecule has 0 atom stereocenters. The van der Waals surface area contributed by atoms with Crippen LogP contribution in [0, 0.1) is 11.6 Å². The van der Waals surface area contributed by atoms with Crippen molar-refractivity contribution in [1.82, 2.24) is 19.2 Å². The Labute approximate surface area is 210 Å². The minimum Gasteiger partial charge on any atom is -0.481 e. The van der Waals surface area contributed by atoms with Gasteiger partial charge in [-0.05, 0) is 6.07 Å². The predicted octanol–water partition coefficient (Wildman–Crippen LogP) is 1.34. The van der Waals surface area contributed by atoms with Crippen LogP contribution in [0.2, 0.25) is 0 Å². The van der Waals surface area contributed by atoms with E-state index in [4.69, 9.17) is 10.5 Å². The van der Waals surface area contributed by atoms with Crippen LogP contribution >= 0.6 is 11.8 Å². The van der Waals surface area contributed by atoms with Crippen LogP contribution in [0.4, 0.5) is 19.4 Å². The fourth-order valence-electron chi connectivity index (χ4n) is 3.20. The second kappa shape index (κ2) is 12.1. The molecule has 0 radical (unpaired) electrons. The van der Waals surface area contributed by atoms with E-state index in [0.717, 1.165) is 22.1 Å². The van der Waals surface area contributed by atoms with Crippen molar-refractivity contribution in [3.8, 4) is 5.88 Å². The van der Waals surface area contributed by atoms with Gasteiger partial charge >= 0.3 is 16.3 Å². The molecule has 0 unspecified atom stereocenters. The fraction of sp³-hybridized carbons (Fsp3) is 0.400. The van der Waals surface area contributed by atoms with Crippen molar-refractivity contribution in [2.24, 2.45) is 5.73 Å². The van der Waals surface area contributed by atoms with E-state index < -0.39 is 27.9 Å². The highest BCUT2D eigenvalue weighted by atomic mass is 32.2. The summed E-state index contributed by atoms with van der Waals surface area (Å²) < 4.78 is 66.3. The highest BCUT2D eigenvalue weighted by Crippen LogP contribution is 2.26. The molecule has 12 nitrogen and oxygen atoms in total. The number of hydrogen-bond acceptors (Lipinski definition) is 9. The molecule has 0 aliphatic carbocycles. The number of aromatic nitrogens is 2. The highest BCUT2D eigenvalue weighted by Gasteiger charge is 2.29. The lowest BCUT2D eigenvalue weighted by Gasteiger charge is -2.33. The molecule has 3 N–H and O–H groups in total. The molecule has 0 spiro atoms. The smallest absolute Gasteiger partial charge is 0.404 e. The molecule has 2 aromatic rings. The van der Waals surface area contributed by atoms with Gasteiger partial charge in [-0.15, -0.1) is 0 Å². The van der Waals surface area contributed by atoms with Crippen molar-refractivity contribution >= 4 is 39.8 Å². The average Bonchev–Trinajstić information content (AvgIpc) is 2.84. The first-order chi connectivity index (χ1) is 17.1. The molecule has 2 amide bonds. The van der Waals surface area contributed by atoms with E-state index in [1.54, 1.807) is 0 Å². The third-order valence-corrected chi connectivity index (χ3v) is 7.41. The number of benzene rings is 1. The normalized spacial score (nSPS) is 14.4. The average molecular weight is 547 g/mol. The Bertz CT molecular complexity index is 1210. The zero-order valence-electron chi connectivity index (χ0n) is 19.1. The summed E-state index contributed by atoms with van der Waals surface area (Å²) in [5, 5.41) is 0.0873. The lowest BCUT2D eigenvalue weighted by atomic mass is 10.2. The van der Waals surface area contributed by atoms with E-state index in [0.29, 0.717) is 0 Å². The van der Waals surface area contributed by atoms with Gasteiger partial charge in [0.1, 0.15) is 12.4 Å². The maximum atomic E-state index is 13.9. The number of halogens is 2. The number of nitrogens with two attached hydrogens (primary N) is 1. The first-order valence-electron chi connectivity index (χ1n) is 10.6. The molecule has 2 heterocycles. The van der Waals surface area contributed by atoms with Crippen molar-refractivity contribution in [3.63, 3.8) is 0 Å². The van der Waals surface area contributed by atoms with E-state index in [1.807, 2.05) is 0 Å². The van der Waals surface area contributed by atoms with Crippen molar-refractivity contribution in [2.45, 2.75) is 17.3 Å². The van der Waals surface area contributed by atoms with Gasteiger partial charge in [0.2, 0.25) is 11.8 Å². The first-order valence-corrected chi connectivity index (χ1v) is 13.0. The van der Waals surface area contributed by atoms with Crippen molar-refractivity contribution < 1.29 is 36.3 Å². The lowest BCUT2D eigenvalue weighted by Crippen LogP contribution is -2.52. The lowest BCUT2D eigenvalue weighted by molar-refractivity contribution is -0.133. The summed E-state index contributed by atoms with van der Waals surface area (Å²) in [5.74, 6) is -2.26. The summed E-state index contributed by atoms with van der Waals surface area (Å²) in [7, 11) is -2.70. The quantitative estimate of drug-likeness (QED) is 0.331. The van der Waals surface area contributed by atoms with Crippen LogP contribution in [0.25, 0.3) is 0 Å². The standard InChI is InChI=1S/C20H24F2N6O6S2/c1-33-16-11-15(24-20(25-16)35-12-13-3-2-4-14(21)18(13)22)26-36(31,32)28-8-6-27(7-9-28)17(29)5-10-34-19(23)30/h2-4,11H,5-10,12H2,1H3,(H2,23,30)(H,24,25,26). The molecular formula is C20H24F2N6O6S2. The number of methoxy groups -OCH3 is 1. The number of carbonyl (C=O) groups is 2. The van der Waals surface area contributed by atoms with Crippen LogP contribution in [0.5, 0.6) is 5.88 Å². The molecule has 3 rings (SSSR count). The number of hydrogen-bond donors (Lipinski definition) is 2. The third kappa shape index (κ3) is 7.38. The van der Waals surface area contributed by atoms with Gasteiger partial charge in [0, 0.05) is 43.6 Å². The second-order valence-corrected chi connectivity index (χ2v) is 10.00. The first kappa shape index (κ1) is 27.3. The van der Waals surface area contributed by atoms with Crippen LogP contribution in [-0.4, -0.2) is 79.5 Å². The van der Waals surface area contributed by atoms with Crippen LogP contribution in [0.1, 0.15) is 12.0 Å². The Hall–Kier alpha value is -3.24. The number of ether oxygens (including phenoxy) is 2. The minimum atomic E-state index is -4.04. The summed E-state index contributed by atoms with van der Waals surface area (Å²) in [6.07, 6.45) is -1.04. The van der Waals surface area contributed by atoms with Gasteiger partial charge < -0.3 is 20.1 Å². The van der Waals surface area contributed by atoms with Crippen LogP contribution in [0.15, 0.2) is 29.4 Å². The zero-order valence-corrected chi connectivity index (χ0v) is 20.8. The Kier molecular flexibility index (Phi) is 9.22. The Balaban J connectivity index is 1.62. The number of piperazine rings is 1. The molecule has 1 aromatic carbocycles. The van der Waals surface area contributed by atoms with Gasteiger partial charge in [-0.1, -0.05) is 23.9 Å². The molecule has 1 fully saturated rings. The molecule has 1 aliphatic heterocycles. The topological polar surface area (TPSA) is 157 Å². The number of primary amides is 1. The third-order valence-electron chi connectivity index (χ3n) is 5.00. The number of amides is 2. The number of carbonyl (C=O) groups excluding carboxylic acids is 2. The molecule has 0 saturated carbocycles. The minimum absolute atomic E-state index is 0.00339. The van der Waals surface area contributed by atoms with Crippen LogP contribution < -0.4 is 15.2 Å². The van der Waals surface area contributed by atoms with Crippen molar-refractivity contribution in [1.29, 1.82) is 0 Å². The van der Waals surface area contributed by atoms with E-state index >= 15 is 0 Å². The van der Waals surface area contributed by atoms with Gasteiger partial charge in [-0.3, -0.25) is 9.52 Å². The van der Waals surface area contributed by atoms with Crippen LogP contribution in [-0.2, 0) is 25.5 Å². The molecular weight excluding hydrogens is 522 g/mol. The molecule has 196 valence electrons. The zero-order chi connectivity index (χ0) is 26.3. The maximum Gasteiger partial charge on any atom is 0.404 e. The van der Waals surface area contributed by atoms with E-state index in [2.05, 4.69) is 19.4 Å². The summed E-state index contributed by atoms with van der Waals surface area (Å²) in [6, 6.07) is 5.09. The SMILES string of the molecule is COc1cc(NS(=O)(=O)N2CCN(C(=O)CCOC(N)=O)CC2)nc(SCc2cccc(F)c2F)n1.